The van der Waals surface area contributed by atoms with Crippen molar-refractivity contribution < 1.29 is 4.79 Å². The van der Waals surface area contributed by atoms with Crippen LogP contribution in [0.2, 0.25) is 0 Å². The topological polar surface area (TPSA) is 72.7 Å². The maximum atomic E-state index is 12.7. The number of hydrogen-bond acceptors (Lipinski definition) is 4. The number of anilines is 1. The van der Waals surface area contributed by atoms with Crippen LogP contribution in [-0.4, -0.2) is 25.7 Å². The summed E-state index contributed by atoms with van der Waals surface area (Å²) in [7, 11) is 0. The van der Waals surface area contributed by atoms with Crippen molar-refractivity contribution in [2.75, 3.05) is 5.32 Å². The van der Waals surface area contributed by atoms with Gasteiger partial charge in [-0.15, -0.1) is 5.10 Å². The molecule has 0 unspecified atom stereocenters. The summed E-state index contributed by atoms with van der Waals surface area (Å²) >= 11 is 0. The molecule has 0 aliphatic heterocycles. The Balaban J connectivity index is 1.53. The fraction of sp³-hybridized carbons (Fsp3) is 0.176. The molecule has 1 aromatic carbocycles. The fourth-order valence-corrected chi connectivity index (χ4v) is 2.71. The van der Waals surface area contributed by atoms with Crippen molar-refractivity contribution >= 4 is 11.7 Å². The fourth-order valence-electron chi connectivity index (χ4n) is 2.71. The van der Waals surface area contributed by atoms with Crippen LogP contribution in [0.4, 0.5) is 5.82 Å². The highest BCUT2D eigenvalue weighted by Crippen LogP contribution is 2.48. The van der Waals surface area contributed by atoms with E-state index in [0.29, 0.717) is 5.82 Å². The van der Waals surface area contributed by atoms with Crippen molar-refractivity contribution in [3.63, 3.8) is 0 Å². The number of carbonyl (C=O) groups excluding carboxylic acids is 1. The molecule has 23 heavy (non-hydrogen) atoms. The summed E-state index contributed by atoms with van der Waals surface area (Å²) in [6.45, 7) is 0. The molecular formula is C17H15N5O. The first kappa shape index (κ1) is 13.6. The lowest BCUT2D eigenvalue weighted by atomic mass is 9.95. The van der Waals surface area contributed by atoms with E-state index >= 15 is 0 Å². The molecular weight excluding hydrogens is 290 g/mol. The van der Waals surface area contributed by atoms with Crippen LogP contribution in [0.1, 0.15) is 18.4 Å². The van der Waals surface area contributed by atoms with E-state index in [2.05, 4.69) is 20.4 Å². The van der Waals surface area contributed by atoms with E-state index < -0.39 is 5.41 Å². The van der Waals surface area contributed by atoms with Gasteiger partial charge in [-0.1, -0.05) is 30.3 Å². The molecule has 1 aliphatic rings. The molecule has 114 valence electrons. The number of nitrogens with one attached hydrogen (secondary N) is 1. The summed E-state index contributed by atoms with van der Waals surface area (Å²) in [5, 5.41) is 7.28. The van der Waals surface area contributed by atoms with E-state index in [1.165, 1.54) is 6.33 Å². The first-order chi connectivity index (χ1) is 11.3. The quantitative estimate of drug-likeness (QED) is 0.803. The van der Waals surface area contributed by atoms with Gasteiger partial charge in [-0.25, -0.2) is 14.6 Å². The largest absolute Gasteiger partial charge is 0.308 e. The van der Waals surface area contributed by atoms with Crippen molar-refractivity contribution in [1.29, 1.82) is 0 Å². The van der Waals surface area contributed by atoms with E-state index in [1.807, 2.05) is 30.3 Å². The van der Waals surface area contributed by atoms with Crippen molar-refractivity contribution in [2.45, 2.75) is 18.3 Å². The average molecular weight is 305 g/mol. The van der Waals surface area contributed by atoms with Gasteiger partial charge in [0, 0.05) is 12.3 Å². The van der Waals surface area contributed by atoms with E-state index in [1.54, 1.807) is 29.3 Å². The number of nitrogens with zero attached hydrogens (tertiary/aromatic N) is 4. The molecule has 1 aliphatic carbocycles. The lowest BCUT2D eigenvalue weighted by Crippen LogP contribution is -2.28. The molecule has 6 heteroatoms. The number of aromatic nitrogens is 4. The number of amides is 1. The summed E-state index contributed by atoms with van der Waals surface area (Å²) in [4.78, 5) is 20.6. The number of hydrogen-bond donors (Lipinski definition) is 1. The molecule has 6 nitrogen and oxygen atoms in total. The summed E-state index contributed by atoms with van der Waals surface area (Å²) < 4.78 is 1.64. The molecule has 0 bridgehead atoms. The Morgan fingerprint density at radius 1 is 1.09 bits per heavy atom. The van der Waals surface area contributed by atoms with E-state index in [9.17, 15) is 4.79 Å². The zero-order chi connectivity index (χ0) is 15.7. The van der Waals surface area contributed by atoms with Gasteiger partial charge >= 0.3 is 0 Å². The average Bonchev–Trinajstić information content (AvgIpc) is 3.30. The van der Waals surface area contributed by atoms with Gasteiger partial charge in [-0.2, -0.15) is 0 Å². The second-order valence-electron chi connectivity index (χ2n) is 5.64. The Morgan fingerprint density at radius 2 is 1.83 bits per heavy atom. The molecule has 1 fully saturated rings. The minimum absolute atomic E-state index is 0.00161. The zero-order valence-corrected chi connectivity index (χ0v) is 12.4. The first-order valence-corrected chi connectivity index (χ1v) is 7.46. The predicted octanol–water partition coefficient (Wildman–Crippen LogP) is 2.33. The Labute approximate surface area is 133 Å². The molecule has 1 N–H and O–H groups in total. The van der Waals surface area contributed by atoms with Crippen LogP contribution < -0.4 is 5.32 Å². The smallest absolute Gasteiger partial charge is 0.236 e. The molecule has 2 aromatic heterocycles. The van der Waals surface area contributed by atoms with Crippen molar-refractivity contribution in [2.24, 2.45) is 0 Å². The van der Waals surface area contributed by atoms with Crippen molar-refractivity contribution in [1.82, 2.24) is 19.7 Å². The molecule has 0 saturated heterocycles. The van der Waals surface area contributed by atoms with Crippen LogP contribution in [0.25, 0.3) is 5.69 Å². The standard InChI is InChI=1S/C17H15N5O/c23-16(17(7-8-17)13-4-2-1-3-5-13)20-15-6-9-22(21-15)14-10-18-12-19-11-14/h1-6,9-12H,7-8H2,(H,20,21,23). The maximum Gasteiger partial charge on any atom is 0.236 e. The van der Waals surface area contributed by atoms with Crippen LogP contribution in [0.3, 0.4) is 0 Å². The van der Waals surface area contributed by atoms with Crippen molar-refractivity contribution in [3.8, 4) is 5.69 Å². The number of carbonyl (C=O) groups is 1. The predicted molar refractivity (Wildman–Crippen MR) is 85.1 cm³/mol. The summed E-state index contributed by atoms with van der Waals surface area (Å²) in [6.07, 6.45) is 8.31. The Bertz CT molecular complexity index is 824. The van der Waals surface area contributed by atoms with Gasteiger partial charge in [0.2, 0.25) is 5.91 Å². The highest BCUT2D eigenvalue weighted by molar-refractivity contribution is 6.00. The summed E-state index contributed by atoms with van der Waals surface area (Å²) in [5.41, 5.74) is 1.41. The van der Waals surface area contributed by atoms with Gasteiger partial charge < -0.3 is 5.32 Å². The van der Waals surface area contributed by atoms with Crippen LogP contribution in [0.5, 0.6) is 0 Å². The van der Waals surface area contributed by atoms with E-state index in [-0.39, 0.29) is 5.91 Å². The summed E-state index contributed by atoms with van der Waals surface area (Å²) in [5.74, 6) is 0.527. The molecule has 1 saturated carbocycles. The number of benzene rings is 1. The molecule has 4 rings (SSSR count). The van der Waals surface area contributed by atoms with Gasteiger partial charge in [0.05, 0.1) is 17.8 Å². The molecule has 2 heterocycles. The molecule has 1 amide bonds. The van der Waals surface area contributed by atoms with E-state index in [4.69, 9.17) is 0 Å². The maximum absolute atomic E-state index is 12.7. The lowest BCUT2D eigenvalue weighted by molar-refractivity contribution is -0.118. The third-order valence-corrected chi connectivity index (χ3v) is 4.15. The molecule has 3 aromatic rings. The van der Waals surface area contributed by atoms with Crippen molar-refractivity contribution in [3.05, 3.63) is 66.9 Å². The van der Waals surface area contributed by atoms with Gasteiger partial charge in [0.1, 0.15) is 12.0 Å². The minimum Gasteiger partial charge on any atom is -0.308 e. The zero-order valence-electron chi connectivity index (χ0n) is 12.4. The second-order valence-corrected chi connectivity index (χ2v) is 5.64. The Kier molecular flexibility index (Phi) is 3.15. The third kappa shape index (κ3) is 2.48. The SMILES string of the molecule is O=C(Nc1ccn(-c2cncnc2)n1)C1(c2ccccc2)CC1. The lowest BCUT2D eigenvalue weighted by Gasteiger charge is -2.14. The monoisotopic (exact) mass is 305 g/mol. The van der Waals surface area contributed by atoms with Crippen LogP contribution in [0.15, 0.2) is 61.3 Å². The third-order valence-electron chi connectivity index (χ3n) is 4.15. The van der Waals surface area contributed by atoms with E-state index in [0.717, 1.165) is 24.1 Å². The first-order valence-electron chi connectivity index (χ1n) is 7.46. The van der Waals surface area contributed by atoms with Gasteiger partial charge in [0.15, 0.2) is 5.82 Å². The molecule has 0 radical (unpaired) electrons. The minimum atomic E-state index is -0.402. The highest BCUT2D eigenvalue weighted by atomic mass is 16.2. The normalized spacial score (nSPS) is 15.1. The number of rotatable bonds is 4. The summed E-state index contributed by atoms with van der Waals surface area (Å²) in [6, 6.07) is 11.7. The van der Waals surface area contributed by atoms with Gasteiger partial charge in [-0.3, -0.25) is 4.79 Å². The highest BCUT2D eigenvalue weighted by Gasteiger charge is 2.51. The Hall–Kier alpha value is -3.02. The van der Waals surface area contributed by atoms with Gasteiger partial charge in [-0.05, 0) is 18.4 Å². The van der Waals surface area contributed by atoms with Crippen LogP contribution in [0, 0.1) is 0 Å². The Morgan fingerprint density at radius 3 is 2.52 bits per heavy atom. The van der Waals surface area contributed by atoms with Gasteiger partial charge in [0.25, 0.3) is 0 Å². The van der Waals surface area contributed by atoms with Crippen LogP contribution in [-0.2, 0) is 10.2 Å². The molecule has 0 atom stereocenters. The second kappa shape index (κ2) is 5.31. The van der Waals surface area contributed by atoms with Crippen LogP contribution >= 0.6 is 0 Å². The molecule has 0 spiro atoms.